The maximum absolute atomic E-state index is 11.9. The number of amides is 2. The normalized spacial score (nSPS) is 21.0. The molecule has 1 fully saturated rings. The minimum atomic E-state index is -0.488. The lowest BCUT2D eigenvalue weighted by Gasteiger charge is -2.34. The molecule has 2 N–H and O–H groups in total. The highest BCUT2D eigenvalue weighted by atomic mass is 35.5. The Labute approximate surface area is 128 Å². The van der Waals surface area contributed by atoms with Crippen LogP contribution in [0.25, 0.3) is 0 Å². The van der Waals surface area contributed by atoms with Gasteiger partial charge in [0.15, 0.2) is 0 Å². The lowest BCUT2D eigenvalue weighted by Crippen LogP contribution is -2.42. The number of nitrogens with zero attached hydrogens (tertiary/aromatic N) is 1. The van der Waals surface area contributed by atoms with E-state index in [4.69, 9.17) is 11.6 Å². The van der Waals surface area contributed by atoms with Crippen molar-refractivity contribution >= 4 is 23.4 Å². The van der Waals surface area contributed by atoms with E-state index in [-0.39, 0.29) is 24.1 Å². The van der Waals surface area contributed by atoms with E-state index < -0.39 is 5.91 Å². The first-order valence-electron chi connectivity index (χ1n) is 6.91. The molecule has 1 aromatic carbocycles. The molecular formula is C15H19ClN2O3. The first-order valence-corrected chi connectivity index (χ1v) is 7.29. The molecule has 1 aliphatic carbocycles. The number of carbonyl (C=O) groups excluding carboxylic acids is 2. The molecule has 0 bridgehead atoms. The molecule has 1 saturated carbocycles. The van der Waals surface area contributed by atoms with Crippen molar-refractivity contribution < 1.29 is 14.7 Å². The van der Waals surface area contributed by atoms with E-state index in [1.54, 1.807) is 24.3 Å². The molecule has 1 aliphatic rings. The molecule has 0 heterocycles. The number of halogens is 1. The van der Waals surface area contributed by atoms with Crippen LogP contribution in [0.1, 0.15) is 23.2 Å². The summed E-state index contributed by atoms with van der Waals surface area (Å²) in [5, 5.41) is 11.9. The van der Waals surface area contributed by atoms with Crippen molar-refractivity contribution in [3.05, 3.63) is 34.9 Å². The SMILES string of the molecule is CN(CC(=O)NC(=O)c1ccccc1Cl)CC1CC(O)C1. The van der Waals surface area contributed by atoms with E-state index in [2.05, 4.69) is 5.32 Å². The zero-order chi connectivity index (χ0) is 15.4. The predicted octanol–water partition coefficient (Wildman–Crippen LogP) is 1.30. The Morgan fingerprint density at radius 1 is 1.38 bits per heavy atom. The van der Waals surface area contributed by atoms with Gasteiger partial charge in [0, 0.05) is 6.54 Å². The third-order valence-electron chi connectivity index (χ3n) is 3.57. The van der Waals surface area contributed by atoms with E-state index in [0.29, 0.717) is 10.9 Å². The number of hydrogen-bond acceptors (Lipinski definition) is 4. The number of likely N-dealkylation sites (N-methyl/N-ethyl adjacent to an activating group) is 1. The fourth-order valence-electron chi connectivity index (χ4n) is 2.48. The minimum Gasteiger partial charge on any atom is -0.393 e. The zero-order valence-electron chi connectivity index (χ0n) is 11.9. The molecule has 1 aromatic rings. The second-order valence-corrected chi connectivity index (χ2v) is 5.95. The standard InChI is InChI=1S/C15H19ClN2O3/c1-18(8-10-6-11(19)7-10)9-14(20)17-15(21)12-4-2-3-5-13(12)16/h2-5,10-11,19H,6-9H2,1H3,(H,17,20,21). The van der Waals surface area contributed by atoms with E-state index in [9.17, 15) is 14.7 Å². The zero-order valence-corrected chi connectivity index (χ0v) is 12.6. The molecule has 6 heteroatoms. The van der Waals surface area contributed by atoms with Crippen molar-refractivity contribution in [3.63, 3.8) is 0 Å². The first-order chi connectivity index (χ1) is 9.95. The highest BCUT2D eigenvalue weighted by Crippen LogP contribution is 2.27. The molecule has 2 amide bonds. The lowest BCUT2D eigenvalue weighted by molar-refractivity contribution is -0.121. The number of hydrogen-bond donors (Lipinski definition) is 2. The van der Waals surface area contributed by atoms with Crippen LogP contribution in [0.5, 0.6) is 0 Å². The summed E-state index contributed by atoms with van der Waals surface area (Å²) in [7, 11) is 1.82. The summed E-state index contributed by atoms with van der Waals surface area (Å²) in [6.07, 6.45) is 1.37. The van der Waals surface area contributed by atoms with Gasteiger partial charge >= 0.3 is 0 Å². The number of aliphatic hydroxyl groups excluding tert-OH is 1. The lowest BCUT2D eigenvalue weighted by atomic mass is 9.82. The van der Waals surface area contributed by atoms with E-state index in [1.165, 1.54) is 0 Å². The second kappa shape index (κ2) is 7.02. The van der Waals surface area contributed by atoms with Gasteiger partial charge in [0.25, 0.3) is 5.91 Å². The predicted molar refractivity (Wildman–Crippen MR) is 80.2 cm³/mol. The summed E-state index contributed by atoms with van der Waals surface area (Å²) in [6.45, 7) is 0.882. The van der Waals surface area contributed by atoms with Gasteiger partial charge in [-0.05, 0) is 37.9 Å². The van der Waals surface area contributed by atoms with Crippen molar-refractivity contribution in [1.82, 2.24) is 10.2 Å². The number of nitrogens with one attached hydrogen (secondary N) is 1. The summed E-state index contributed by atoms with van der Waals surface area (Å²) >= 11 is 5.91. The van der Waals surface area contributed by atoms with Crippen molar-refractivity contribution in [2.75, 3.05) is 20.1 Å². The number of imide groups is 1. The van der Waals surface area contributed by atoms with Gasteiger partial charge in [-0.2, -0.15) is 0 Å². The Kier molecular flexibility index (Phi) is 5.33. The van der Waals surface area contributed by atoms with Gasteiger partial charge in [-0.3, -0.25) is 19.8 Å². The van der Waals surface area contributed by atoms with Gasteiger partial charge in [-0.1, -0.05) is 23.7 Å². The number of aliphatic hydroxyl groups is 1. The second-order valence-electron chi connectivity index (χ2n) is 5.55. The Hall–Kier alpha value is -1.43. The molecule has 0 aromatic heterocycles. The smallest absolute Gasteiger partial charge is 0.259 e. The number of rotatable bonds is 5. The Morgan fingerprint density at radius 2 is 2.05 bits per heavy atom. The van der Waals surface area contributed by atoms with Crippen molar-refractivity contribution in [2.45, 2.75) is 18.9 Å². The Bertz CT molecular complexity index is 529. The summed E-state index contributed by atoms with van der Waals surface area (Å²) in [6, 6.07) is 6.60. The van der Waals surface area contributed by atoms with Crippen molar-refractivity contribution in [2.24, 2.45) is 5.92 Å². The summed E-state index contributed by atoms with van der Waals surface area (Å²) in [5.41, 5.74) is 0.289. The molecule has 0 saturated heterocycles. The van der Waals surface area contributed by atoms with Crippen LogP contribution in [0.3, 0.4) is 0 Å². The van der Waals surface area contributed by atoms with E-state index >= 15 is 0 Å². The topological polar surface area (TPSA) is 69.6 Å². The summed E-state index contributed by atoms with van der Waals surface area (Å²) < 4.78 is 0. The van der Waals surface area contributed by atoms with Gasteiger partial charge in [0.05, 0.1) is 23.2 Å². The largest absolute Gasteiger partial charge is 0.393 e. The number of benzene rings is 1. The van der Waals surface area contributed by atoms with Crippen molar-refractivity contribution in [3.8, 4) is 0 Å². The first kappa shape index (κ1) is 15.9. The van der Waals surface area contributed by atoms with E-state index in [0.717, 1.165) is 19.4 Å². The van der Waals surface area contributed by atoms with Gasteiger partial charge < -0.3 is 5.11 Å². The molecular weight excluding hydrogens is 292 g/mol. The highest BCUT2D eigenvalue weighted by Gasteiger charge is 2.28. The molecule has 0 aliphatic heterocycles. The van der Waals surface area contributed by atoms with Gasteiger partial charge in [0.1, 0.15) is 0 Å². The van der Waals surface area contributed by atoms with Crippen LogP contribution < -0.4 is 5.32 Å². The van der Waals surface area contributed by atoms with Crippen LogP contribution in [0.2, 0.25) is 5.02 Å². The van der Waals surface area contributed by atoms with Crippen LogP contribution in [0.4, 0.5) is 0 Å². The molecule has 114 valence electrons. The molecule has 0 unspecified atom stereocenters. The molecule has 0 atom stereocenters. The Morgan fingerprint density at radius 3 is 2.67 bits per heavy atom. The fraction of sp³-hybridized carbons (Fsp3) is 0.467. The average Bonchev–Trinajstić information content (AvgIpc) is 2.36. The van der Waals surface area contributed by atoms with Crippen LogP contribution in [-0.2, 0) is 4.79 Å². The molecule has 0 spiro atoms. The van der Waals surface area contributed by atoms with Crippen molar-refractivity contribution in [1.29, 1.82) is 0 Å². The van der Waals surface area contributed by atoms with Crippen LogP contribution >= 0.6 is 11.6 Å². The van der Waals surface area contributed by atoms with Gasteiger partial charge in [0.2, 0.25) is 5.91 Å². The monoisotopic (exact) mass is 310 g/mol. The van der Waals surface area contributed by atoms with E-state index in [1.807, 2.05) is 11.9 Å². The third-order valence-corrected chi connectivity index (χ3v) is 3.90. The molecule has 2 rings (SSSR count). The van der Waals surface area contributed by atoms with Crippen LogP contribution in [-0.4, -0.2) is 48.1 Å². The Balaban J connectivity index is 1.78. The molecule has 0 radical (unpaired) electrons. The molecule has 21 heavy (non-hydrogen) atoms. The van der Waals surface area contributed by atoms with Gasteiger partial charge in [-0.25, -0.2) is 0 Å². The summed E-state index contributed by atoms with van der Waals surface area (Å²) in [5.74, 6) is -0.419. The van der Waals surface area contributed by atoms with Crippen LogP contribution in [0.15, 0.2) is 24.3 Å². The summed E-state index contributed by atoms with van der Waals surface area (Å²) in [4.78, 5) is 25.6. The average molecular weight is 311 g/mol. The maximum Gasteiger partial charge on any atom is 0.259 e. The molecule has 5 nitrogen and oxygen atoms in total. The quantitative estimate of drug-likeness (QED) is 0.860. The highest BCUT2D eigenvalue weighted by molar-refractivity contribution is 6.34. The third kappa shape index (κ3) is 4.52. The maximum atomic E-state index is 11.9. The minimum absolute atomic E-state index is 0.142. The van der Waals surface area contributed by atoms with Gasteiger partial charge in [-0.15, -0.1) is 0 Å². The number of carbonyl (C=O) groups is 2. The van der Waals surface area contributed by atoms with Crippen LogP contribution in [0, 0.1) is 5.92 Å². The fourth-order valence-corrected chi connectivity index (χ4v) is 2.70.